The van der Waals surface area contributed by atoms with E-state index >= 15 is 0 Å². The fourth-order valence-corrected chi connectivity index (χ4v) is 1.69. The minimum Gasteiger partial charge on any atom is -0.388 e. The van der Waals surface area contributed by atoms with Crippen molar-refractivity contribution in [3.63, 3.8) is 0 Å². The Balaban J connectivity index is 4.34. The molecule has 0 aliphatic rings. The molecule has 0 saturated heterocycles. The first-order chi connectivity index (χ1) is 8.83. The number of aliphatic hydroxyl groups excluding tert-OH is 4. The van der Waals surface area contributed by atoms with Gasteiger partial charge >= 0.3 is 15.6 Å². The number of aliphatic hydroxyl groups is 4. The van der Waals surface area contributed by atoms with Crippen LogP contribution in [0.5, 0.6) is 0 Å². The zero-order valence-corrected chi connectivity index (χ0v) is 11.6. The van der Waals surface area contributed by atoms with Gasteiger partial charge in [-0.25, -0.2) is 9.13 Å². The van der Waals surface area contributed by atoms with Crippen molar-refractivity contribution in [1.29, 1.82) is 0 Å². The van der Waals surface area contributed by atoms with E-state index in [0.29, 0.717) is 0 Å². The van der Waals surface area contributed by atoms with Gasteiger partial charge in [-0.2, -0.15) is 0 Å². The molecule has 4 atom stereocenters. The van der Waals surface area contributed by atoms with Gasteiger partial charge in [-0.3, -0.25) is 9.05 Å². The Labute approximate surface area is 112 Å². The first kappa shape index (κ1) is 20.1. The summed E-state index contributed by atoms with van der Waals surface area (Å²) in [5.41, 5.74) is 0. The molecule has 0 aromatic heterocycles. The van der Waals surface area contributed by atoms with Gasteiger partial charge in [-0.15, -0.1) is 0 Å². The van der Waals surface area contributed by atoms with Crippen LogP contribution in [0.15, 0.2) is 0 Å². The van der Waals surface area contributed by atoms with E-state index in [1.165, 1.54) is 0 Å². The van der Waals surface area contributed by atoms with Crippen molar-refractivity contribution in [1.82, 2.24) is 0 Å². The molecule has 8 N–H and O–H groups in total. The molecule has 0 spiro atoms. The Bertz CT molecular complexity index is 338. The van der Waals surface area contributed by atoms with E-state index in [0.717, 1.165) is 0 Å². The fraction of sp³-hybridized carbons (Fsp3) is 1.00. The van der Waals surface area contributed by atoms with Crippen molar-refractivity contribution < 1.29 is 58.2 Å². The van der Waals surface area contributed by atoms with Crippen molar-refractivity contribution in [2.75, 3.05) is 13.2 Å². The maximum atomic E-state index is 10.3. The molecule has 0 fully saturated rings. The Kier molecular flexibility index (Phi) is 7.92. The maximum absolute atomic E-state index is 10.3. The lowest BCUT2D eigenvalue weighted by atomic mass is 10.0. The molecule has 0 aliphatic carbocycles. The highest BCUT2D eigenvalue weighted by Gasteiger charge is 2.33. The molecule has 14 heteroatoms. The topological polar surface area (TPSA) is 214 Å². The van der Waals surface area contributed by atoms with Gasteiger partial charge in [0.25, 0.3) is 0 Å². The molecule has 0 aromatic rings. The van der Waals surface area contributed by atoms with Gasteiger partial charge in [-0.05, 0) is 0 Å². The van der Waals surface area contributed by atoms with Crippen molar-refractivity contribution in [3.8, 4) is 0 Å². The van der Waals surface area contributed by atoms with E-state index in [2.05, 4.69) is 9.05 Å². The van der Waals surface area contributed by atoms with Gasteiger partial charge < -0.3 is 40.0 Å². The number of phosphoric acid groups is 2. The SMILES string of the molecule is O=P(O)(O)OC[C@@H](O)[C@@H](O)[C@@H](O)[C@@H](O)COP(=O)(O)O. The summed E-state index contributed by atoms with van der Waals surface area (Å²) in [7, 11) is -9.78. The smallest absolute Gasteiger partial charge is 0.388 e. The van der Waals surface area contributed by atoms with E-state index in [-0.39, 0.29) is 0 Å². The summed E-state index contributed by atoms with van der Waals surface area (Å²) in [5.74, 6) is 0. The molecule has 0 bridgehead atoms. The monoisotopic (exact) mass is 342 g/mol. The zero-order valence-electron chi connectivity index (χ0n) is 9.83. The molecule has 0 heterocycles. The van der Waals surface area contributed by atoms with Crippen LogP contribution >= 0.6 is 15.6 Å². The van der Waals surface area contributed by atoms with Crippen LogP contribution in [0.25, 0.3) is 0 Å². The van der Waals surface area contributed by atoms with E-state index in [1.54, 1.807) is 0 Å². The molecule has 20 heavy (non-hydrogen) atoms. The van der Waals surface area contributed by atoms with E-state index in [4.69, 9.17) is 19.6 Å². The molecule has 122 valence electrons. The Hall–Kier alpha value is 0.0600. The third-order valence-electron chi connectivity index (χ3n) is 1.97. The third kappa shape index (κ3) is 9.08. The number of hydrogen-bond donors (Lipinski definition) is 8. The molecule has 0 radical (unpaired) electrons. The second-order valence-corrected chi connectivity index (χ2v) is 6.17. The fourth-order valence-electron chi connectivity index (χ4n) is 0.999. The predicted octanol–water partition coefficient (Wildman–Crippen LogP) is -3.35. The average Bonchev–Trinajstić information content (AvgIpc) is 2.29. The van der Waals surface area contributed by atoms with Crippen molar-refractivity contribution in [2.45, 2.75) is 24.4 Å². The van der Waals surface area contributed by atoms with Crippen LogP contribution in [0.2, 0.25) is 0 Å². The largest absolute Gasteiger partial charge is 0.469 e. The van der Waals surface area contributed by atoms with Crippen molar-refractivity contribution >= 4 is 15.6 Å². The maximum Gasteiger partial charge on any atom is 0.469 e. The minimum absolute atomic E-state index is 1.05. The summed E-state index contributed by atoms with van der Waals surface area (Å²) in [5, 5.41) is 37.2. The number of phosphoric ester groups is 2. The Morgan fingerprint density at radius 3 is 1.15 bits per heavy atom. The summed E-state index contributed by atoms with van der Waals surface area (Å²) in [6.45, 7) is -2.09. The first-order valence-electron chi connectivity index (χ1n) is 4.96. The highest BCUT2D eigenvalue weighted by molar-refractivity contribution is 7.46. The lowest BCUT2D eigenvalue weighted by molar-refractivity contribution is -0.121. The van der Waals surface area contributed by atoms with Gasteiger partial charge in [-0.1, -0.05) is 0 Å². The molecule has 0 amide bonds. The summed E-state index contributed by atoms with van der Waals surface area (Å²) in [4.78, 5) is 33.4. The molecule has 0 saturated carbocycles. The Morgan fingerprint density at radius 1 is 0.700 bits per heavy atom. The zero-order chi connectivity index (χ0) is 16.1. The van der Waals surface area contributed by atoms with Gasteiger partial charge in [0.2, 0.25) is 0 Å². The summed E-state index contributed by atoms with van der Waals surface area (Å²) in [6, 6.07) is 0. The average molecular weight is 342 g/mol. The molecule has 0 rings (SSSR count). The minimum atomic E-state index is -4.89. The molecule has 12 nitrogen and oxygen atoms in total. The standard InChI is InChI=1S/C6H16O12P2/c7-3(1-17-19(11,12)13)5(9)6(10)4(8)2-18-20(14,15)16/h3-10H,1-2H2,(H2,11,12,13)(H2,14,15,16)/t3-,4+,5-,6+. The summed E-state index contributed by atoms with van der Waals surface area (Å²) in [6.07, 6.45) is -8.14. The molecule has 0 unspecified atom stereocenters. The van der Waals surface area contributed by atoms with Gasteiger partial charge in [0.05, 0.1) is 13.2 Å². The lowest BCUT2D eigenvalue weighted by Gasteiger charge is -2.26. The quantitative estimate of drug-likeness (QED) is 0.193. The lowest BCUT2D eigenvalue weighted by Crippen LogP contribution is -2.47. The first-order valence-corrected chi connectivity index (χ1v) is 8.02. The molecule has 0 aromatic carbocycles. The van der Waals surface area contributed by atoms with Crippen LogP contribution in [0.4, 0.5) is 0 Å². The van der Waals surface area contributed by atoms with Crippen LogP contribution in [0, 0.1) is 0 Å². The summed E-state index contributed by atoms with van der Waals surface area (Å²) >= 11 is 0. The van der Waals surface area contributed by atoms with Crippen molar-refractivity contribution in [2.24, 2.45) is 0 Å². The summed E-state index contributed by atoms with van der Waals surface area (Å²) < 4.78 is 28.4. The van der Waals surface area contributed by atoms with Gasteiger partial charge in [0.15, 0.2) is 0 Å². The van der Waals surface area contributed by atoms with Gasteiger partial charge in [0.1, 0.15) is 24.4 Å². The second-order valence-electron chi connectivity index (χ2n) is 3.69. The van der Waals surface area contributed by atoms with Crippen LogP contribution in [0.3, 0.4) is 0 Å². The normalized spacial score (nSPS) is 19.4. The predicted molar refractivity (Wildman–Crippen MR) is 60.0 cm³/mol. The number of rotatable bonds is 9. The third-order valence-corrected chi connectivity index (χ3v) is 2.94. The van der Waals surface area contributed by atoms with E-state index in [1.807, 2.05) is 0 Å². The highest BCUT2D eigenvalue weighted by Crippen LogP contribution is 2.36. The molecule has 0 aliphatic heterocycles. The van der Waals surface area contributed by atoms with Crippen LogP contribution < -0.4 is 0 Å². The van der Waals surface area contributed by atoms with Crippen LogP contribution in [-0.2, 0) is 18.2 Å². The number of hydrogen-bond acceptors (Lipinski definition) is 8. The van der Waals surface area contributed by atoms with Crippen LogP contribution in [0.1, 0.15) is 0 Å². The van der Waals surface area contributed by atoms with Gasteiger partial charge in [0, 0.05) is 0 Å². The van der Waals surface area contributed by atoms with Crippen LogP contribution in [-0.4, -0.2) is 77.6 Å². The highest BCUT2D eigenvalue weighted by atomic mass is 31.2. The van der Waals surface area contributed by atoms with E-state index in [9.17, 15) is 29.6 Å². The van der Waals surface area contributed by atoms with E-state index < -0.39 is 53.3 Å². The second kappa shape index (κ2) is 7.90. The van der Waals surface area contributed by atoms with Crippen molar-refractivity contribution in [3.05, 3.63) is 0 Å². The Morgan fingerprint density at radius 2 is 0.950 bits per heavy atom. The molecular formula is C6H16O12P2. The molecular weight excluding hydrogens is 326 g/mol.